The van der Waals surface area contributed by atoms with Gasteiger partial charge in [0.15, 0.2) is 5.78 Å². The van der Waals surface area contributed by atoms with Crippen LogP contribution >= 0.6 is 15.9 Å². The standard InChI is InChI=1S/C16H18BrNO2/c1-3-4-15(19)12-7-8-18(10-12)11-13-9-14(17)5-6-16(13)20-2/h5-10H,3-4,11H2,1-2H3. The molecule has 0 amide bonds. The van der Waals surface area contributed by atoms with Crippen LogP contribution < -0.4 is 4.74 Å². The molecular weight excluding hydrogens is 318 g/mol. The number of hydrogen-bond donors (Lipinski definition) is 0. The molecule has 106 valence electrons. The lowest BCUT2D eigenvalue weighted by molar-refractivity contribution is 0.0981. The first-order valence-electron chi connectivity index (χ1n) is 6.65. The van der Waals surface area contributed by atoms with Gasteiger partial charge in [-0.15, -0.1) is 0 Å². The number of carbonyl (C=O) groups excluding carboxylic acids is 1. The molecule has 0 saturated heterocycles. The molecule has 0 fully saturated rings. The molecule has 0 saturated carbocycles. The number of ketones is 1. The van der Waals surface area contributed by atoms with Crippen LogP contribution in [-0.2, 0) is 6.54 Å². The van der Waals surface area contributed by atoms with E-state index in [0.29, 0.717) is 13.0 Å². The van der Waals surface area contributed by atoms with Crippen molar-refractivity contribution in [2.24, 2.45) is 0 Å². The summed E-state index contributed by atoms with van der Waals surface area (Å²) in [5, 5.41) is 0. The molecular formula is C16H18BrNO2. The molecule has 1 heterocycles. The van der Waals surface area contributed by atoms with Crippen LogP contribution in [0.3, 0.4) is 0 Å². The fourth-order valence-electron chi connectivity index (χ4n) is 2.14. The van der Waals surface area contributed by atoms with Crippen LogP contribution in [0.5, 0.6) is 5.75 Å². The Labute approximate surface area is 127 Å². The summed E-state index contributed by atoms with van der Waals surface area (Å²) in [7, 11) is 1.67. The second-order valence-corrected chi connectivity index (χ2v) is 5.62. The number of carbonyl (C=O) groups is 1. The zero-order chi connectivity index (χ0) is 14.5. The molecule has 0 aliphatic heterocycles. The van der Waals surface area contributed by atoms with Crippen LogP contribution in [0.15, 0.2) is 41.1 Å². The van der Waals surface area contributed by atoms with Crippen molar-refractivity contribution in [3.05, 3.63) is 52.3 Å². The van der Waals surface area contributed by atoms with Crippen LogP contribution in [-0.4, -0.2) is 17.5 Å². The van der Waals surface area contributed by atoms with Gasteiger partial charge in [0, 0.05) is 34.4 Å². The van der Waals surface area contributed by atoms with E-state index in [0.717, 1.165) is 27.8 Å². The van der Waals surface area contributed by atoms with Crippen molar-refractivity contribution in [3.63, 3.8) is 0 Å². The number of hydrogen-bond acceptors (Lipinski definition) is 2. The van der Waals surface area contributed by atoms with Gasteiger partial charge in [0.25, 0.3) is 0 Å². The van der Waals surface area contributed by atoms with Gasteiger partial charge in [-0.2, -0.15) is 0 Å². The van der Waals surface area contributed by atoms with Crippen LogP contribution in [0.2, 0.25) is 0 Å². The SMILES string of the molecule is CCCC(=O)c1ccn(Cc2cc(Br)ccc2OC)c1. The van der Waals surface area contributed by atoms with Crippen LogP contribution in [0.25, 0.3) is 0 Å². The molecule has 1 aromatic heterocycles. The quantitative estimate of drug-likeness (QED) is 0.737. The van der Waals surface area contributed by atoms with Crippen molar-refractivity contribution in [1.82, 2.24) is 4.57 Å². The Hall–Kier alpha value is -1.55. The number of halogens is 1. The molecule has 20 heavy (non-hydrogen) atoms. The van der Waals surface area contributed by atoms with Crippen molar-refractivity contribution < 1.29 is 9.53 Å². The summed E-state index contributed by atoms with van der Waals surface area (Å²) in [5.41, 5.74) is 1.85. The minimum atomic E-state index is 0.201. The van der Waals surface area contributed by atoms with Gasteiger partial charge in [0.05, 0.1) is 13.7 Å². The van der Waals surface area contributed by atoms with Crippen molar-refractivity contribution in [2.75, 3.05) is 7.11 Å². The van der Waals surface area contributed by atoms with E-state index in [1.807, 2.05) is 48.1 Å². The monoisotopic (exact) mass is 335 g/mol. The minimum absolute atomic E-state index is 0.201. The average molecular weight is 336 g/mol. The molecule has 2 rings (SSSR count). The molecule has 0 radical (unpaired) electrons. The van der Waals surface area contributed by atoms with E-state index in [2.05, 4.69) is 15.9 Å². The highest BCUT2D eigenvalue weighted by Gasteiger charge is 2.08. The molecule has 0 aliphatic rings. The predicted molar refractivity (Wildman–Crippen MR) is 83.5 cm³/mol. The van der Waals surface area contributed by atoms with Gasteiger partial charge < -0.3 is 9.30 Å². The normalized spacial score (nSPS) is 10.6. The van der Waals surface area contributed by atoms with Crippen molar-refractivity contribution in [1.29, 1.82) is 0 Å². The molecule has 0 bridgehead atoms. The number of Topliss-reactive ketones (excluding diaryl/α,β-unsaturated/α-hetero) is 1. The first-order valence-corrected chi connectivity index (χ1v) is 7.44. The summed E-state index contributed by atoms with van der Waals surface area (Å²) in [6.07, 6.45) is 5.31. The van der Waals surface area contributed by atoms with Gasteiger partial charge in [-0.3, -0.25) is 4.79 Å². The Kier molecular flexibility index (Phi) is 5.01. The Bertz CT molecular complexity index is 604. The second kappa shape index (κ2) is 6.75. The highest BCUT2D eigenvalue weighted by molar-refractivity contribution is 9.10. The van der Waals surface area contributed by atoms with E-state index in [4.69, 9.17) is 4.74 Å². The van der Waals surface area contributed by atoms with E-state index in [9.17, 15) is 4.79 Å². The Morgan fingerprint density at radius 2 is 2.15 bits per heavy atom. The zero-order valence-corrected chi connectivity index (χ0v) is 13.3. The van der Waals surface area contributed by atoms with Crippen LogP contribution in [0.1, 0.15) is 35.7 Å². The van der Waals surface area contributed by atoms with Gasteiger partial charge in [-0.05, 0) is 30.7 Å². The van der Waals surface area contributed by atoms with E-state index < -0.39 is 0 Å². The number of rotatable bonds is 6. The Morgan fingerprint density at radius 1 is 1.35 bits per heavy atom. The molecule has 0 atom stereocenters. The van der Waals surface area contributed by atoms with Gasteiger partial charge in [-0.25, -0.2) is 0 Å². The Morgan fingerprint density at radius 3 is 2.85 bits per heavy atom. The topological polar surface area (TPSA) is 31.2 Å². The van der Waals surface area contributed by atoms with Gasteiger partial charge >= 0.3 is 0 Å². The molecule has 0 spiro atoms. The first kappa shape index (κ1) is 14.9. The molecule has 0 N–H and O–H groups in total. The summed E-state index contributed by atoms with van der Waals surface area (Å²) >= 11 is 3.47. The third-order valence-corrected chi connectivity index (χ3v) is 3.64. The number of ether oxygens (including phenoxy) is 1. The van der Waals surface area contributed by atoms with E-state index >= 15 is 0 Å². The molecule has 2 aromatic rings. The van der Waals surface area contributed by atoms with Crippen molar-refractivity contribution in [3.8, 4) is 5.75 Å². The number of aromatic nitrogens is 1. The number of methoxy groups -OCH3 is 1. The lowest BCUT2D eigenvalue weighted by Gasteiger charge is -2.09. The second-order valence-electron chi connectivity index (χ2n) is 4.70. The summed E-state index contributed by atoms with van der Waals surface area (Å²) in [6, 6.07) is 7.80. The lowest BCUT2D eigenvalue weighted by atomic mass is 10.1. The van der Waals surface area contributed by atoms with Gasteiger partial charge in [0.2, 0.25) is 0 Å². The molecule has 0 unspecified atom stereocenters. The maximum absolute atomic E-state index is 11.8. The van der Waals surface area contributed by atoms with E-state index in [1.165, 1.54) is 0 Å². The third-order valence-electron chi connectivity index (χ3n) is 3.14. The summed E-state index contributed by atoms with van der Waals surface area (Å²) in [6.45, 7) is 2.70. The maximum atomic E-state index is 11.8. The fourth-order valence-corrected chi connectivity index (χ4v) is 2.55. The van der Waals surface area contributed by atoms with Crippen LogP contribution in [0, 0.1) is 0 Å². The molecule has 4 heteroatoms. The predicted octanol–water partition coefficient (Wildman–Crippen LogP) is 4.29. The molecule has 3 nitrogen and oxygen atoms in total. The number of nitrogens with zero attached hydrogens (tertiary/aromatic N) is 1. The smallest absolute Gasteiger partial charge is 0.164 e. The first-order chi connectivity index (χ1) is 9.63. The third kappa shape index (κ3) is 3.51. The van der Waals surface area contributed by atoms with Gasteiger partial charge in [-0.1, -0.05) is 22.9 Å². The highest BCUT2D eigenvalue weighted by Crippen LogP contribution is 2.24. The van der Waals surface area contributed by atoms with E-state index in [-0.39, 0.29) is 5.78 Å². The molecule has 1 aromatic carbocycles. The minimum Gasteiger partial charge on any atom is -0.496 e. The maximum Gasteiger partial charge on any atom is 0.164 e. The largest absolute Gasteiger partial charge is 0.496 e. The lowest BCUT2D eigenvalue weighted by Crippen LogP contribution is -2.01. The van der Waals surface area contributed by atoms with Crippen molar-refractivity contribution in [2.45, 2.75) is 26.3 Å². The highest BCUT2D eigenvalue weighted by atomic mass is 79.9. The summed E-state index contributed by atoms with van der Waals surface area (Å²) < 4.78 is 8.39. The zero-order valence-electron chi connectivity index (χ0n) is 11.7. The van der Waals surface area contributed by atoms with Gasteiger partial charge in [0.1, 0.15) is 5.75 Å². The average Bonchev–Trinajstić information content (AvgIpc) is 2.88. The summed E-state index contributed by atoms with van der Waals surface area (Å²) in [4.78, 5) is 11.8. The Balaban J connectivity index is 2.18. The number of benzene rings is 1. The van der Waals surface area contributed by atoms with Crippen molar-refractivity contribution >= 4 is 21.7 Å². The van der Waals surface area contributed by atoms with E-state index in [1.54, 1.807) is 7.11 Å². The molecule has 0 aliphatic carbocycles. The fraction of sp³-hybridized carbons (Fsp3) is 0.312. The summed E-state index contributed by atoms with van der Waals surface area (Å²) in [5.74, 6) is 1.05. The van der Waals surface area contributed by atoms with Crippen LogP contribution in [0.4, 0.5) is 0 Å².